The molecule has 6 nitrogen and oxygen atoms in total. The van der Waals surface area contributed by atoms with E-state index in [1.54, 1.807) is 28.8 Å². The molecule has 1 aromatic carbocycles. The Morgan fingerprint density at radius 3 is 2.62 bits per heavy atom. The Balaban J connectivity index is 1.59. The van der Waals surface area contributed by atoms with Gasteiger partial charge in [-0.15, -0.1) is 11.8 Å². The van der Waals surface area contributed by atoms with Gasteiger partial charge in [0.05, 0.1) is 27.9 Å². The molecule has 0 amide bonds. The molecule has 0 unspecified atom stereocenters. The third kappa shape index (κ3) is 4.38. The molecular formula is C22H16F3N5OS. The molecule has 0 fully saturated rings. The van der Waals surface area contributed by atoms with Crippen LogP contribution in [0.2, 0.25) is 0 Å². The van der Waals surface area contributed by atoms with E-state index in [-0.39, 0.29) is 16.4 Å². The molecule has 0 spiro atoms. The van der Waals surface area contributed by atoms with E-state index in [2.05, 4.69) is 15.0 Å². The van der Waals surface area contributed by atoms with Gasteiger partial charge in [0.1, 0.15) is 11.1 Å². The Labute approximate surface area is 184 Å². The molecule has 10 heteroatoms. The van der Waals surface area contributed by atoms with Crippen molar-refractivity contribution in [2.75, 3.05) is 5.75 Å². The number of fused-ring (bicyclic) bond motifs is 1. The van der Waals surface area contributed by atoms with Gasteiger partial charge in [-0.25, -0.2) is 9.78 Å². The van der Waals surface area contributed by atoms with Crippen LogP contribution in [0.4, 0.5) is 13.2 Å². The zero-order chi connectivity index (χ0) is 22.7. The smallest absolute Gasteiger partial charge is 0.306 e. The number of hydrogen-bond donors (Lipinski definition) is 1. The molecular weight excluding hydrogens is 439 g/mol. The molecule has 0 saturated carbocycles. The Bertz CT molecular complexity index is 1360. The fourth-order valence-corrected chi connectivity index (χ4v) is 4.28. The van der Waals surface area contributed by atoms with Crippen molar-refractivity contribution in [3.63, 3.8) is 0 Å². The third-order valence-electron chi connectivity index (χ3n) is 4.83. The minimum atomic E-state index is -4.69. The van der Waals surface area contributed by atoms with Crippen molar-refractivity contribution >= 4 is 22.8 Å². The van der Waals surface area contributed by atoms with Gasteiger partial charge in [0.2, 0.25) is 0 Å². The van der Waals surface area contributed by atoms with E-state index >= 15 is 0 Å². The van der Waals surface area contributed by atoms with Crippen LogP contribution in [-0.2, 0) is 12.7 Å². The average molecular weight is 455 g/mol. The van der Waals surface area contributed by atoms with Gasteiger partial charge in [0.25, 0.3) is 0 Å². The molecule has 0 radical (unpaired) electrons. The van der Waals surface area contributed by atoms with E-state index in [0.717, 1.165) is 28.9 Å². The molecule has 0 aliphatic rings. The summed E-state index contributed by atoms with van der Waals surface area (Å²) >= 11 is 1.07. The molecule has 4 aromatic rings. The number of para-hydroxylation sites is 2. The first-order valence-corrected chi connectivity index (χ1v) is 10.6. The lowest BCUT2D eigenvalue weighted by Crippen LogP contribution is -2.17. The van der Waals surface area contributed by atoms with E-state index in [0.29, 0.717) is 24.3 Å². The lowest BCUT2D eigenvalue weighted by atomic mass is 10.1. The second kappa shape index (κ2) is 8.88. The quantitative estimate of drug-likeness (QED) is 0.331. The third-order valence-corrected chi connectivity index (χ3v) is 5.89. The number of aromatic nitrogens is 4. The summed E-state index contributed by atoms with van der Waals surface area (Å²) in [6.45, 7) is 0.383. The van der Waals surface area contributed by atoms with Crippen molar-refractivity contribution in [3.05, 3.63) is 76.5 Å². The number of nitriles is 1. The first-order valence-electron chi connectivity index (χ1n) is 9.61. The minimum absolute atomic E-state index is 0.0143. The molecule has 32 heavy (non-hydrogen) atoms. The van der Waals surface area contributed by atoms with Gasteiger partial charge in [-0.1, -0.05) is 12.1 Å². The van der Waals surface area contributed by atoms with Crippen LogP contribution in [0.1, 0.15) is 17.5 Å². The Hall–Kier alpha value is -3.58. The summed E-state index contributed by atoms with van der Waals surface area (Å²) in [5.41, 5.74) is 0.319. The highest BCUT2D eigenvalue weighted by Crippen LogP contribution is 2.38. The maximum atomic E-state index is 13.6. The molecule has 1 N–H and O–H groups in total. The highest BCUT2D eigenvalue weighted by molar-refractivity contribution is 7.99. The standard InChI is InChI=1S/C22H16F3N5OS/c23-22(24,25)16-12-18(14-6-8-27-9-7-14)28-20(15(16)13-26)32-11-3-10-30-19-5-2-1-4-17(19)29-21(30)31/h1-2,4-9,12H,3,10-11H2,(H,29,31). The number of aryl methyl sites for hydroxylation is 1. The van der Waals surface area contributed by atoms with Gasteiger partial charge >= 0.3 is 11.9 Å². The number of halogens is 3. The fourth-order valence-electron chi connectivity index (χ4n) is 3.35. The van der Waals surface area contributed by atoms with Crippen LogP contribution in [0.3, 0.4) is 0 Å². The first-order chi connectivity index (χ1) is 15.4. The summed E-state index contributed by atoms with van der Waals surface area (Å²) in [6, 6.07) is 12.9. The van der Waals surface area contributed by atoms with Crippen molar-refractivity contribution in [1.29, 1.82) is 5.26 Å². The topological polar surface area (TPSA) is 87.4 Å². The van der Waals surface area contributed by atoms with Crippen LogP contribution in [0.5, 0.6) is 0 Å². The molecule has 0 bridgehead atoms. The van der Waals surface area contributed by atoms with Crippen LogP contribution in [-0.4, -0.2) is 25.3 Å². The summed E-state index contributed by atoms with van der Waals surface area (Å²) in [5.74, 6) is 0.380. The largest absolute Gasteiger partial charge is 0.417 e. The number of nitrogens with one attached hydrogen (secondary N) is 1. The van der Waals surface area contributed by atoms with Crippen LogP contribution in [0, 0.1) is 11.3 Å². The van der Waals surface area contributed by atoms with E-state index in [1.807, 2.05) is 18.2 Å². The van der Waals surface area contributed by atoms with Crippen LogP contribution in [0.15, 0.2) is 64.7 Å². The molecule has 162 valence electrons. The molecule has 0 atom stereocenters. The van der Waals surface area contributed by atoms with Crippen molar-refractivity contribution in [3.8, 4) is 17.3 Å². The molecule has 4 rings (SSSR count). The average Bonchev–Trinajstić information content (AvgIpc) is 3.11. The molecule has 0 aliphatic heterocycles. The highest BCUT2D eigenvalue weighted by atomic mass is 32.2. The van der Waals surface area contributed by atoms with Gasteiger partial charge in [0.15, 0.2) is 0 Å². The van der Waals surface area contributed by atoms with Gasteiger partial charge in [-0.2, -0.15) is 18.4 Å². The number of H-pyrrole nitrogens is 1. The zero-order valence-electron chi connectivity index (χ0n) is 16.6. The predicted molar refractivity (Wildman–Crippen MR) is 115 cm³/mol. The van der Waals surface area contributed by atoms with E-state index < -0.39 is 17.3 Å². The van der Waals surface area contributed by atoms with Crippen molar-refractivity contribution < 1.29 is 13.2 Å². The van der Waals surface area contributed by atoms with Gasteiger partial charge < -0.3 is 4.98 Å². The minimum Gasteiger partial charge on any atom is -0.306 e. The molecule has 3 aromatic heterocycles. The highest BCUT2D eigenvalue weighted by Gasteiger charge is 2.36. The van der Waals surface area contributed by atoms with Crippen molar-refractivity contribution in [1.82, 2.24) is 19.5 Å². The Morgan fingerprint density at radius 1 is 1.16 bits per heavy atom. The zero-order valence-corrected chi connectivity index (χ0v) is 17.4. The Morgan fingerprint density at radius 2 is 1.91 bits per heavy atom. The van der Waals surface area contributed by atoms with Crippen molar-refractivity contribution in [2.24, 2.45) is 0 Å². The number of imidazole rings is 1. The molecule has 0 aliphatic carbocycles. The second-order valence-corrected chi connectivity index (χ2v) is 7.97. The maximum Gasteiger partial charge on any atom is 0.417 e. The molecule has 0 saturated heterocycles. The van der Waals surface area contributed by atoms with Crippen LogP contribution in [0.25, 0.3) is 22.3 Å². The van der Waals surface area contributed by atoms with Gasteiger partial charge in [0, 0.05) is 30.3 Å². The SMILES string of the molecule is N#Cc1c(C(F)(F)F)cc(-c2ccncc2)nc1SCCCn1c(=O)[nH]c2ccccc21. The molecule has 3 heterocycles. The van der Waals surface area contributed by atoms with E-state index in [9.17, 15) is 23.2 Å². The van der Waals surface area contributed by atoms with Crippen LogP contribution >= 0.6 is 11.8 Å². The predicted octanol–water partition coefficient (Wildman–Crippen LogP) is 4.86. The monoisotopic (exact) mass is 455 g/mol. The number of benzene rings is 1. The summed E-state index contributed by atoms with van der Waals surface area (Å²) < 4.78 is 42.5. The maximum absolute atomic E-state index is 13.6. The number of aromatic amines is 1. The number of nitrogens with zero attached hydrogens (tertiary/aromatic N) is 4. The second-order valence-electron chi connectivity index (χ2n) is 6.88. The van der Waals surface area contributed by atoms with Crippen molar-refractivity contribution in [2.45, 2.75) is 24.2 Å². The summed E-state index contributed by atoms with van der Waals surface area (Å²) in [6.07, 6.45) is -1.26. The number of hydrogen-bond acceptors (Lipinski definition) is 5. The van der Waals surface area contributed by atoms with Crippen LogP contribution < -0.4 is 5.69 Å². The normalized spacial score (nSPS) is 11.6. The fraction of sp³-hybridized carbons (Fsp3) is 0.182. The first kappa shape index (κ1) is 21.6. The summed E-state index contributed by atoms with van der Waals surface area (Å²) in [7, 11) is 0. The number of thioether (sulfide) groups is 1. The summed E-state index contributed by atoms with van der Waals surface area (Å²) in [4.78, 5) is 23.1. The number of alkyl halides is 3. The Kier molecular flexibility index (Phi) is 6.01. The van der Waals surface area contributed by atoms with E-state index in [1.165, 1.54) is 12.4 Å². The number of pyridine rings is 2. The van der Waals surface area contributed by atoms with Gasteiger partial charge in [-0.3, -0.25) is 9.55 Å². The lowest BCUT2D eigenvalue weighted by molar-refractivity contribution is -0.138. The van der Waals surface area contributed by atoms with Gasteiger partial charge in [-0.05, 0) is 36.8 Å². The lowest BCUT2D eigenvalue weighted by Gasteiger charge is -2.14. The van der Waals surface area contributed by atoms with E-state index in [4.69, 9.17) is 0 Å². The summed E-state index contributed by atoms with van der Waals surface area (Å²) in [5, 5.41) is 9.44. The number of rotatable bonds is 6.